The summed E-state index contributed by atoms with van der Waals surface area (Å²) in [5.74, 6) is -3.14. The maximum absolute atomic E-state index is 14.1. The Morgan fingerprint density at radius 1 is 1.05 bits per heavy atom. The first kappa shape index (κ1) is 29.4. The van der Waals surface area contributed by atoms with Crippen LogP contribution in [0.2, 0.25) is 0 Å². The lowest BCUT2D eigenvalue weighted by molar-refractivity contribution is -0.688. The zero-order chi connectivity index (χ0) is 28.6. The summed E-state index contributed by atoms with van der Waals surface area (Å²) < 4.78 is 1.33. The molecule has 0 aliphatic heterocycles. The van der Waals surface area contributed by atoms with Crippen LogP contribution in [0.25, 0.3) is 0 Å². The number of rotatable bonds is 10. The number of pyridine rings is 1. The number of amides is 3. The molecule has 1 aliphatic carbocycles. The van der Waals surface area contributed by atoms with E-state index in [1.165, 1.54) is 30.9 Å². The number of nitrogens with zero attached hydrogens (tertiary/aromatic N) is 3. The molecule has 2 atom stereocenters. The lowest BCUT2D eigenvalue weighted by atomic mass is 9.89. The molecule has 1 aliphatic rings. The van der Waals surface area contributed by atoms with Crippen LogP contribution in [0.15, 0.2) is 60.9 Å². The summed E-state index contributed by atoms with van der Waals surface area (Å²) in [6.45, 7) is 2.05. The van der Waals surface area contributed by atoms with E-state index in [4.69, 9.17) is 16.9 Å². The van der Waals surface area contributed by atoms with Crippen molar-refractivity contribution in [3.05, 3.63) is 66.5 Å². The molecule has 0 bridgehead atoms. The van der Waals surface area contributed by atoms with Gasteiger partial charge in [-0.1, -0.05) is 65.3 Å². The summed E-state index contributed by atoms with van der Waals surface area (Å²) >= 11 is 0. The van der Waals surface area contributed by atoms with Crippen LogP contribution in [-0.2, 0) is 25.6 Å². The van der Waals surface area contributed by atoms with Crippen molar-refractivity contribution in [2.75, 3.05) is 11.6 Å². The van der Waals surface area contributed by atoms with Crippen LogP contribution in [0.1, 0.15) is 51.5 Å². The highest BCUT2D eigenvalue weighted by atomic mass is 16.2. The van der Waals surface area contributed by atoms with Crippen molar-refractivity contribution in [3.8, 4) is 0 Å². The van der Waals surface area contributed by atoms with E-state index >= 15 is 0 Å². The van der Waals surface area contributed by atoms with E-state index in [-0.39, 0.29) is 12.5 Å². The highest BCUT2D eigenvalue weighted by molar-refractivity contribution is 6.18. The van der Waals surface area contributed by atoms with Gasteiger partial charge >= 0.3 is 0 Å². The molecule has 39 heavy (non-hydrogen) atoms. The zero-order valence-corrected chi connectivity index (χ0v) is 22.5. The minimum absolute atomic E-state index is 0.274. The minimum Gasteiger partial charge on any atom is -0.370 e. The Morgan fingerprint density at radius 2 is 1.64 bits per heavy atom. The molecule has 1 saturated carbocycles. The fourth-order valence-electron chi connectivity index (χ4n) is 4.90. The second-order valence-corrected chi connectivity index (χ2v) is 9.96. The Hall–Kier alpha value is -4.12. The summed E-state index contributed by atoms with van der Waals surface area (Å²) in [5, 5.41) is 11.7. The van der Waals surface area contributed by atoms with Crippen LogP contribution in [0, 0.1) is 5.41 Å². The number of ketones is 1. The Morgan fingerprint density at radius 3 is 2.21 bits per heavy atom. The average Bonchev–Trinajstić information content (AvgIpc) is 2.93. The highest BCUT2D eigenvalue weighted by Gasteiger charge is 2.55. The molecule has 0 saturated heterocycles. The lowest BCUT2D eigenvalue weighted by Crippen LogP contribution is -2.78. The number of guanidine groups is 1. The molecule has 0 spiro atoms. The van der Waals surface area contributed by atoms with E-state index < -0.39 is 47.6 Å². The molecule has 1 aromatic heterocycles. The summed E-state index contributed by atoms with van der Waals surface area (Å²) in [6, 6.07) is 13.0. The molecule has 1 aromatic carbocycles. The second kappa shape index (κ2) is 13.1. The molecule has 1 heterocycles. The Balaban J connectivity index is 1.90. The number of carbonyl (C=O) groups excluding carboxylic acids is 4. The number of aromatic nitrogens is 1. The first-order chi connectivity index (χ1) is 18.6. The molecule has 3 rings (SSSR count). The van der Waals surface area contributed by atoms with E-state index in [0.717, 1.165) is 34.7 Å². The van der Waals surface area contributed by atoms with Crippen molar-refractivity contribution in [3.63, 3.8) is 0 Å². The Bertz CT molecular complexity index is 1180. The predicted molar refractivity (Wildman–Crippen MR) is 146 cm³/mol. The Kier molecular flexibility index (Phi) is 9.89. The predicted octanol–water partition coefficient (Wildman–Crippen LogP) is 0.527. The van der Waals surface area contributed by atoms with Crippen LogP contribution in [0.5, 0.6) is 0 Å². The van der Waals surface area contributed by atoms with E-state index in [0.29, 0.717) is 12.8 Å². The number of hydrogen-bond acceptors (Lipinski definition) is 6. The van der Waals surface area contributed by atoms with Crippen molar-refractivity contribution in [2.24, 2.45) is 11.5 Å². The fraction of sp³-hybridized carbons (Fsp3) is 0.429. The molecular formula is C28H38N7O4+. The van der Waals surface area contributed by atoms with Crippen molar-refractivity contribution in [1.82, 2.24) is 10.2 Å². The molecule has 0 radical (unpaired) electrons. The molecule has 11 heteroatoms. The van der Waals surface area contributed by atoms with Gasteiger partial charge in [0, 0.05) is 18.2 Å². The monoisotopic (exact) mass is 536 g/mol. The van der Waals surface area contributed by atoms with Crippen molar-refractivity contribution < 1.29 is 23.9 Å². The van der Waals surface area contributed by atoms with Gasteiger partial charge in [0.1, 0.15) is 6.54 Å². The van der Waals surface area contributed by atoms with Crippen LogP contribution in [0.3, 0.4) is 0 Å². The van der Waals surface area contributed by atoms with E-state index in [9.17, 15) is 19.2 Å². The number of nitrogens with one attached hydrogen (secondary N) is 2. The van der Waals surface area contributed by atoms with Gasteiger partial charge < -0.3 is 16.8 Å². The summed E-state index contributed by atoms with van der Waals surface area (Å²) in [6.07, 6.45) is 7.34. The van der Waals surface area contributed by atoms with Crippen LogP contribution < -0.4 is 26.5 Å². The van der Waals surface area contributed by atoms with Crippen LogP contribution in [0.4, 0.5) is 0 Å². The molecule has 11 nitrogen and oxygen atoms in total. The van der Waals surface area contributed by atoms with Crippen molar-refractivity contribution in [2.45, 2.75) is 70.0 Å². The smallest absolute Gasteiger partial charge is 0.298 e. The first-order valence-corrected chi connectivity index (χ1v) is 13.1. The summed E-state index contributed by atoms with van der Waals surface area (Å²) in [4.78, 5) is 54.9. The number of nitrogens with two attached hydrogens (primary N) is 2. The second-order valence-electron chi connectivity index (χ2n) is 9.96. The average molecular weight is 537 g/mol. The number of carbonyl (C=O) groups is 4. The maximum atomic E-state index is 14.1. The van der Waals surface area contributed by atoms with Gasteiger partial charge in [0.2, 0.25) is 11.4 Å². The number of hydrogen-bond donors (Lipinski definition) is 4. The van der Waals surface area contributed by atoms with E-state index in [2.05, 4.69) is 5.32 Å². The molecular weight excluding hydrogens is 498 g/mol. The molecule has 2 aromatic rings. The van der Waals surface area contributed by atoms with Crippen LogP contribution >= 0.6 is 0 Å². The maximum Gasteiger partial charge on any atom is 0.298 e. The molecule has 3 amide bonds. The highest BCUT2D eigenvalue weighted by Crippen LogP contribution is 2.26. The first-order valence-electron chi connectivity index (χ1n) is 13.1. The van der Waals surface area contributed by atoms with Crippen molar-refractivity contribution in [1.29, 1.82) is 5.41 Å². The number of benzene rings is 1. The third kappa shape index (κ3) is 6.85. The van der Waals surface area contributed by atoms with Crippen molar-refractivity contribution >= 4 is 29.5 Å². The molecule has 1 fully saturated rings. The van der Waals surface area contributed by atoms with Gasteiger partial charge in [-0.25, -0.2) is 0 Å². The van der Waals surface area contributed by atoms with E-state index in [1.807, 2.05) is 30.3 Å². The third-order valence-corrected chi connectivity index (χ3v) is 7.16. The number of Topliss-reactive ketones (excluding diaryl/α,β-unsaturated/α-hetero) is 1. The quantitative estimate of drug-likeness (QED) is 0.150. The van der Waals surface area contributed by atoms with Gasteiger partial charge in [-0.3, -0.25) is 29.5 Å². The zero-order valence-electron chi connectivity index (χ0n) is 22.5. The Labute approximate surface area is 228 Å². The fourth-order valence-corrected chi connectivity index (χ4v) is 4.90. The topological polar surface area (TPSA) is 167 Å². The van der Waals surface area contributed by atoms with Gasteiger partial charge in [0.05, 0.1) is 6.04 Å². The van der Waals surface area contributed by atoms with Gasteiger partial charge in [-0.2, -0.15) is 0 Å². The standard InChI is InChI=1S/C28H37N7O4/c1-20(36)28(2,26(39)34(27(30)31)22-14-8-4-9-15-22)35(33-16-10-5-11-17-33)24(37)19-32-25(38)23(29)18-21-12-6-3-7-13-21/h3,5-7,10-13,16-17,22-23H,4,8-9,14-15,18-19,29H2,1-2H3,(H3-,30,31,32,38)/p+1/t23-,28+/m0/s1. The van der Waals surface area contributed by atoms with E-state index in [1.54, 1.807) is 18.2 Å². The van der Waals surface area contributed by atoms with Gasteiger partial charge in [0.25, 0.3) is 11.8 Å². The SMILES string of the molecule is CC(=O)[C@](C)(C(=O)N(C(=N)N)C1CCCCC1)N(C(=O)CNC(=O)[C@@H](N)Cc1ccccc1)[n+]1ccccc1. The van der Waals surface area contributed by atoms with Crippen LogP contribution in [-0.4, -0.2) is 58.5 Å². The molecule has 0 unspecified atom stereocenters. The summed E-state index contributed by atoms with van der Waals surface area (Å²) in [7, 11) is 0. The largest absolute Gasteiger partial charge is 0.370 e. The summed E-state index contributed by atoms with van der Waals surface area (Å²) in [5.41, 5.74) is 10.8. The van der Waals surface area contributed by atoms with Gasteiger partial charge in [-0.15, -0.1) is 0 Å². The van der Waals surface area contributed by atoms with Gasteiger partial charge in [0.15, 0.2) is 24.1 Å². The van der Waals surface area contributed by atoms with Gasteiger partial charge in [-0.05, 0) is 38.7 Å². The lowest BCUT2D eigenvalue weighted by Gasteiger charge is -2.40. The molecule has 208 valence electrons. The normalized spacial score (nSPS) is 15.9. The third-order valence-electron chi connectivity index (χ3n) is 7.16. The molecule has 6 N–H and O–H groups in total. The minimum atomic E-state index is -2.05.